The first-order valence-corrected chi connectivity index (χ1v) is 13.2. The Bertz CT molecular complexity index is 1140. The van der Waals surface area contributed by atoms with Gasteiger partial charge in [0.1, 0.15) is 29.2 Å². The molecule has 2 aromatic rings. The average molecular weight is 542 g/mol. The molecular formula is C30H43N3O6. The van der Waals surface area contributed by atoms with Crippen LogP contribution in [0, 0.1) is 12.8 Å². The number of hydrogen-bond donors (Lipinski definition) is 3. The summed E-state index contributed by atoms with van der Waals surface area (Å²) < 4.78 is 10.6. The van der Waals surface area contributed by atoms with Crippen molar-refractivity contribution < 1.29 is 29.0 Å². The highest BCUT2D eigenvalue weighted by Crippen LogP contribution is 2.34. The van der Waals surface area contributed by atoms with E-state index in [-0.39, 0.29) is 17.2 Å². The number of nitrogens with one attached hydrogen (secondary N) is 2. The lowest BCUT2D eigenvalue weighted by Gasteiger charge is -2.38. The van der Waals surface area contributed by atoms with Crippen LogP contribution < -0.4 is 15.4 Å². The topological polar surface area (TPSA) is 117 Å². The summed E-state index contributed by atoms with van der Waals surface area (Å²) in [5, 5.41) is 16.6. The summed E-state index contributed by atoms with van der Waals surface area (Å²) in [4.78, 5) is 42.2. The maximum atomic E-state index is 14.2. The van der Waals surface area contributed by atoms with Gasteiger partial charge in [0, 0.05) is 17.3 Å². The number of nitrogens with zero attached hydrogens (tertiary/aromatic N) is 1. The average Bonchev–Trinajstić information content (AvgIpc) is 2.86. The third-order valence-electron chi connectivity index (χ3n) is 6.41. The number of methoxy groups -OCH3 is 1. The van der Waals surface area contributed by atoms with E-state index < -0.39 is 41.6 Å². The number of ether oxygens (including phenoxy) is 2. The van der Waals surface area contributed by atoms with Gasteiger partial charge in [0.2, 0.25) is 5.91 Å². The largest absolute Gasteiger partial charge is 0.507 e. The number of aromatic hydroxyl groups is 1. The molecular weight excluding hydrogens is 498 g/mol. The number of hydrogen-bond acceptors (Lipinski definition) is 6. The zero-order valence-corrected chi connectivity index (χ0v) is 24.5. The molecule has 214 valence electrons. The van der Waals surface area contributed by atoms with Gasteiger partial charge in [-0.05, 0) is 77.3 Å². The minimum atomic E-state index is -1.19. The number of rotatable bonds is 10. The molecule has 9 heteroatoms. The Morgan fingerprint density at radius 2 is 1.64 bits per heavy atom. The van der Waals surface area contributed by atoms with Crippen molar-refractivity contribution in [3.8, 4) is 11.5 Å². The van der Waals surface area contributed by atoms with Crippen LogP contribution in [0.5, 0.6) is 11.5 Å². The van der Waals surface area contributed by atoms with Crippen LogP contribution in [0.4, 0.5) is 10.5 Å². The van der Waals surface area contributed by atoms with Gasteiger partial charge in [0.05, 0.1) is 7.11 Å². The summed E-state index contributed by atoms with van der Waals surface area (Å²) in [5.74, 6) is -0.678. The van der Waals surface area contributed by atoms with Gasteiger partial charge in [0.25, 0.3) is 5.91 Å². The second-order valence-corrected chi connectivity index (χ2v) is 11.0. The molecule has 0 aliphatic carbocycles. The van der Waals surface area contributed by atoms with E-state index in [1.165, 1.54) is 4.90 Å². The maximum absolute atomic E-state index is 14.2. The molecule has 0 bridgehead atoms. The van der Waals surface area contributed by atoms with Crippen LogP contribution in [-0.4, -0.2) is 52.7 Å². The van der Waals surface area contributed by atoms with Gasteiger partial charge in [-0.25, -0.2) is 4.79 Å². The fraction of sp³-hybridized carbons (Fsp3) is 0.500. The van der Waals surface area contributed by atoms with Gasteiger partial charge in [-0.15, -0.1) is 0 Å². The fourth-order valence-electron chi connectivity index (χ4n) is 4.16. The number of phenols is 1. The number of carbonyl (C=O) groups is 3. The second-order valence-electron chi connectivity index (χ2n) is 11.0. The molecule has 0 saturated heterocycles. The van der Waals surface area contributed by atoms with Crippen LogP contribution in [0.15, 0.2) is 42.5 Å². The van der Waals surface area contributed by atoms with Crippen LogP contribution in [-0.2, 0) is 14.3 Å². The number of para-hydroxylation sites is 1. The van der Waals surface area contributed by atoms with Crippen molar-refractivity contribution in [2.24, 2.45) is 5.92 Å². The zero-order valence-electron chi connectivity index (χ0n) is 24.5. The van der Waals surface area contributed by atoms with Gasteiger partial charge < -0.3 is 30.1 Å². The molecule has 0 aromatic heterocycles. The number of carbonyl (C=O) groups excluding carboxylic acids is 3. The first kappa shape index (κ1) is 31.5. The molecule has 0 radical (unpaired) electrons. The van der Waals surface area contributed by atoms with Gasteiger partial charge in [0.15, 0.2) is 0 Å². The molecule has 0 spiro atoms. The third-order valence-corrected chi connectivity index (χ3v) is 6.41. The Kier molecular flexibility index (Phi) is 10.8. The Balaban J connectivity index is 2.58. The predicted octanol–water partition coefficient (Wildman–Crippen LogP) is 5.57. The van der Waals surface area contributed by atoms with E-state index in [1.807, 2.05) is 13.8 Å². The minimum absolute atomic E-state index is 0.0778. The van der Waals surface area contributed by atoms with Gasteiger partial charge in [-0.1, -0.05) is 38.5 Å². The van der Waals surface area contributed by atoms with Crippen molar-refractivity contribution in [2.45, 2.75) is 85.5 Å². The SMILES string of the molecule is CCC(C)C(NC(=O)OC(C)(C)C)C(=O)N(C(C)C)C(C(=O)Nc1ccc(OC)cc1)c1cccc(C)c1O. The van der Waals surface area contributed by atoms with Crippen LogP contribution in [0.3, 0.4) is 0 Å². The summed E-state index contributed by atoms with van der Waals surface area (Å²) in [6, 6.07) is 9.28. The number of alkyl carbamates (subject to hydrolysis) is 1. The number of amides is 3. The summed E-state index contributed by atoms with van der Waals surface area (Å²) in [6.07, 6.45) is -0.126. The number of aryl methyl sites for hydroxylation is 1. The van der Waals surface area contributed by atoms with E-state index in [2.05, 4.69) is 10.6 Å². The van der Waals surface area contributed by atoms with E-state index in [9.17, 15) is 19.5 Å². The molecule has 3 atom stereocenters. The van der Waals surface area contributed by atoms with Crippen LogP contribution in [0.1, 0.15) is 72.1 Å². The quantitative estimate of drug-likeness (QED) is 0.362. The molecule has 0 heterocycles. The molecule has 0 aliphatic rings. The molecule has 3 N–H and O–H groups in total. The molecule has 3 unspecified atom stereocenters. The molecule has 39 heavy (non-hydrogen) atoms. The van der Waals surface area contributed by atoms with E-state index in [1.54, 1.807) is 91.1 Å². The van der Waals surface area contributed by atoms with E-state index in [0.29, 0.717) is 23.4 Å². The van der Waals surface area contributed by atoms with E-state index in [0.717, 1.165) is 0 Å². The Hall–Kier alpha value is -3.75. The highest BCUT2D eigenvalue weighted by molar-refractivity contribution is 5.99. The van der Waals surface area contributed by atoms with Crippen LogP contribution in [0.25, 0.3) is 0 Å². The molecule has 9 nitrogen and oxygen atoms in total. The lowest BCUT2D eigenvalue weighted by Crippen LogP contribution is -2.56. The number of anilines is 1. The standard InChI is InChI=1S/C30H43N3O6/c1-10-19(4)24(32-29(37)39-30(6,7)8)28(36)33(18(2)3)25(23-13-11-12-20(5)26(23)34)27(35)31-21-14-16-22(38-9)17-15-21/h11-19,24-25,34H,10H2,1-9H3,(H,31,35)(H,32,37). The molecule has 0 saturated carbocycles. The summed E-state index contributed by atoms with van der Waals surface area (Å²) >= 11 is 0. The first-order chi connectivity index (χ1) is 18.2. The molecule has 2 rings (SSSR count). The number of phenolic OH excluding ortho intramolecular Hbond substituents is 1. The lowest BCUT2D eigenvalue weighted by atomic mass is 9.94. The van der Waals surface area contributed by atoms with Crippen molar-refractivity contribution in [1.82, 2.24) is 10.2 Å². The second kappa shape index (κ2) is 13.4. The highest BCUT2D eigenvalue weighted by Gasteiger charge is 2.40. The predicted molar refractivity (Wildman–Crippen MR) is 152 cm³/mol. The smallest absolute Gasteiger partial charge is 0.408 e. The van der Waals surface area contributed by atoms with Gasteiger partial charge in [-0.3, -0.25) is 9.59 Å². The van der Waals surface area contributed by atoms with E-state index in [4.69, 9.17) is 9.47 Å². The summed E-state index contributed by atoms with van der Waals surface area (Å²) in [5.41, 5.74) is 0.595. The van der Waals surface area contributed by atoms with Gasteiger partial charge >= 0.3 is 6.09 Å². The summed E-state index contributed by atoms with van der Waals surface area (Å²) in [6.45, 7) is 14.3. The summed E-state index contributed by atoms with van der Waals surface area (Å²) in [7, 11) is 1.55. The Morgan fingerprint density at radius 3 is 2.15 bits per heavy atom. The Labute approximate surface area is 231 Å². The first-order valence-electron chi connectivity index (χ1n) is 13.2. The highest BCUT2D eigenvalue weighted by atomic mass is 16.6. The van der Waals surface area contributed by atoms with Crippen LogP contribution >= 0.6 is 0 Å². The van der Waals surface area contributed by atoms with E-state index >= 15 is 0 Å². The van der Waals surface area contributed by atoms with Crippen molar-refractivity contribution in [1.29, 1.82) is 0 Å². The minimum Gasteiger partial charge on any atom is -0.507 e. The fourth-order valence-corrected chi connectivity index (χ4v) is 4.16. The third kappa shape index (κ3) is 8.37. The van der Waals surface area contributed by atoms with Crippen molar-refractivity contribution in [2.75, 3.05) is 12.4 Å². The maximum Gasteiger partial charge on any atom is 0.408 e. The zero-order chi connectivity index (χ0) is 29.5. The van der Waals surface area contributed by atoms with Crippen molar-refractivity contribution >= 4 is 23.6 Å². The Morgan fingerprint density at radius 1 is 1.03 bits per heavy atom. The normalized spacial score (nSPS) is 13.7. The van der Waals surface area contributed by atoms with Crippen LogP contribution in [0.2, 0.25) is 0 Å². The lowest BCUT2D eigenvalue weighted by molar-refractivity contribution is -0.144. The molecule has 0 fully saturated rings. The van der Waals surface area contributed by atoms with Gasteiger partial charge in [-0.2, -0.15) is 0 Å². The monoisotopic (exact) mass is 541 g/mol. The van der Waals surface area contributed by atoms with Crippen molar-refractivity contribution in [3.05, 3.63) is 53.6 Å². The van der Waals surface area contributed by atoms with Crippen molar-refractivity contribution in [3.63, 3.8) is 0 Å². The number of benzene rings is 2. The molecule has 3 amide bonds. The molecule has 0 aliphatic heterocycles. The molecule has 2 aromatic carbocycles.